The highest BCUT2D eigenvalue weighted by molar-refractivity contribution is 7.09. The molecule has 0 radical (unpaired) electrons. The Morgan fingerprint density at radius 2 is 2.12 bits per heavy atom. The number of nitrogens with one attached hydrogen (secondary N) is 2. The Hall–Kier alpha value is -1.83. The quantitative estimate of drug-likeness (QED) is 0.851. The summed E-state index contributed by atoms with van der Waals surface area (Å²) < 4.78 is 4.99. The predicted molar refractivity (Wildman–Crippen MR) is 93.2 cm³/mol. The van der Waals surface area contributed by atoms with E-state index in [1.807, 2.05) is 5.38 Å². The number of likely N-dealkylation sites (tertiary alicyclic amines) is 1. The van der Waals surface area contributed by atoms with Gasteiger partial charge in [-0.25, -0.2) is 14.6 Å². The molecule has 0 aliphatic carbocycles. The van der Waals surface area contributed by atoms with Crippen molar-refractivity contribution in [2.24, 2.45) is 0 Å². The average molecular weight is 354 g/mol. The molecule has 2 rings (SSSR count). The van der Waals surface area contributed by atoms with E-state index in [0.717, 1.165) is 23.5 Å². The number of rotatable bonds is 5. The van der Waals surface area contributed by atoms with Crippen LogP contribution in [-0.4, -0.2) is 47.7 Å². The summed E-state index contributed by atoms with van der Waals surface area (Å²) in [6.45, 7) is 8.02. The van der Waals surface area contributed by atoms with E-state index in [9.17, 15) is 9.59 Å². The maximum atomic E-state index is 12.0. The predicted octanol–water partition coefficient (Wildman–Crippen LogP) is 2.69. The first kappa shape index (κ1) is 18.5. The first-order valence-electron chi connectivity index (χ1n) is 8.40. The minimum Gasteiger partial charge on any atom is -0.450 e. The van der Waals surface area contributed by atoms with Crippen LogP contribution in [0.2, 0.25) is 0 Å². The van der Waals surface area contributed by atoms with Gasteiger partial charge >= 0.3 is 12.1 Å². The number of carbonyl (C=O) groups excluding carboxylic acids is 2. The van der Waals surface area contributed by atoms with Crippen LogP contribution < -0.4 is 10.6 Å². The third-order valence-corrected chi connectivity index (χ3v) is 5.04. The molecule has 1 aromatic rings. The molecule has 0 atom stereocenters. The second kappa shape index (κ2) is 8.86. The van der Waals surface area contributed by atoms with Gasteiger partial charge in [0, 0.05) is 30.4 Å². The van der Waals surface area contributed by atoms with Crippen LogP contribution in [0.25, 0.3) is 0 Å². The van der Waals surface area contributed by atoms with Gasteiger partial charge in [0.25, 0.3) is 0 Å². The largest absolute Gasteiger partial charge is 0.450 e. The Bertz CT molecular complexity index is 553. The number of piperidine rings is 1. The van der Waals surface area contributed by atoms with E-state index in [2.05, 4.69) is 29.5 Å². The number of thiazole rings is 1. The van der Waals surface area contributed by atoms with Crippen molar-refractivity contribution in [2.75, 3.05) is 19.7 Å². The number of nitrogens with zero attached hydrogens (tertiary/aromatic N) is 2. The summed E-state index contributed by atoms with van der Waals surface area (Å²) in [5, 5.41) is 8.86. The lowest BCUT2D eigenvalue weighted by Crippen LogP contribution is -2.49. The van der Waals surface area contributed by atoms with Crippen LogP contribution in [0.3, 0.4) is 0 Å². The Morgan fingerprint density at radius 1 is 1.42 bits per heavy atom. The van der Waals surface area contributed by atoms with Gasteiger partial charge in [-0.05, 0) is 19.8 Å². The smallest absolute Gasteiger partial charge is 0.409 e. The van der Waals surface area contributed by atoms with E-state index in [0.29, 0.717) is 32.2 Å². The van der Waals surface area contributed by atoms with E-state index in [1.54, 1.807) is 23.2 Å². The van der Waals surface area contributed by atoms with Crippen molar-refractivity contribution in [3.8, 4) is 0 Å². The summed E-state index contributed by atoms with van der Waals surface area (Å²) in [4.78, 5) is 29.8. The third kappa shape index (κ3) is 5.36. The fraction of sp³-hybridized carbons (Fsp3) is 0.688. The Kier molecular flexibility index (Phi) is 6.84. The molecule has 1 fully saturated rings. The summed E-state index contributed by atoms with van der Waals surface area (Å²) in [5.41, 5.74) is 0.885. The number of ether oxygens (including phenoxy) is 1. The van der Waals surface area contributed by atoms with E-state index in [-0.39, 0.29) is 18.2 Å². The van der Waals surface area contributed by atoms with Crippen molar-refractivity contribution < 1.29 is 14.3 Å². The van der Waals surface area contributed by atoms with Gasteiger partial charge in [0.15, 0.2) is 0 Å². The van der Waals surface area contributed by atoms with Crippen LogP contribution in [0.4, 0.5) is 9.59 Å². The molecule has 2 N–H and O–H groups in total. The average Bonchev–Trinajstić information content (AvgIpc) is 3.03. The molecular formula is C16H26N4O3S. The Morgan fingerprint density at radius 3 is 2.71 bits per heavy atom. The number of carbonyl (C=O) groups is 2. The van der Waals surface area contributed by atoms with Crippen molar-refractivity contribution in [1.82, 2.24) is 20.5 Å². The van der Waals surface area contributed by atoms with E-state index in [4.69, 9.17) is 4.74 Å². The van der Waals surface area contributed by atoms with Crippen molar-refractivity contribution in [1.29, 1.82) is 0 Å². The SMILES string of the molecule is CCOC(=O)N1CCC(NC(=O)NCc2csc(C(C)C)n2)CC1. The summed E-state index contributed by atoms with van der Waals surface area (Å²) >= 11 is 1.62. The van der Waals surface area contributed by atoms with E-state index >= 15 is 0 Å². The van der Waals surface area contributed by atoms with Gasteiger partial charge in [-0.3, -0.25) is 0 Å². The Labute approximate surface area is 146 Å². The maximum absolute atomic E-state index is 12.0. The van der Waals surface area contributed by atoms with Gasteiger partial charge in [0.05, 0.1) is 23.9 Å². The maximum Gasteiger partial charge on any atom is 0.409 e. The molecule has 0 bridgehead atoms. The van der Waals surface area contributed by atoms with E-state index < -0.39 is 0 Å². The van der Waals surface area contributed by atoms with Crippen LogP contribution in [0.15, 0.2) is 5.38 Å². The van der Waals surface area contributed by atoms with Gasteiger partial charge in [0.1, 0.15) is 0 Å². The van der Waals surface area contributed by atoms with Crippen LogP contribution in [0.1, 0.15) is 50.2 Å². The number of amides is 3. The second-order valence-electron chi connectivity index (χ2n) is 6.12. The molecule has 8 heteroatoms. The first-order chi connectivity index (χ1) is 11.5. The Balaban J connectivity index is 1.68. The molecular weight excluding hydrogens is 328 g/mol. The molecule has 2 heterocycles. The van der Waals surface area contributed by atoms with Crippen molar-refractivity contribution in [2.45, 2.75) is 52.1 Å². The molecule has 1 aromatic heterocycles. The standard InChI is InChI=1S/C16H26N4O3S/c1-4-23-16(22)20-7-5-12(6-8-20)19-15(21)17-9-13-10-24-14(18-13)11(2)3/h10-12H,4-9H2,1-3H3,(H2,17,19,21). The summed E-state index contributed by atoms with van der Waals surface area (Å²) in [7, 11) is 0. The zero-order valence-corrected chi connectivity index (χ0v) is 15.3. The highest BCUT2D eigenvalue weighted by Crippen LogP contribution is 2.19. The molecule has 0 aromatic carbocycles. The van der Waals surface area contributed by atoms with Crippen LogP contribution >= 0.6 is 11.3 Å². The summed E-state index contributed by atoms with van der Waals surface area (Å²) in [5.74, 6) is 0.405. The first-order valence-corrected chi connectivity index (χ1v) is 9.28. The van der Waals surface area contributed by atoms with Crippen LogP contribution in [0, 0.1) is 0 Å². The van der Waals surface area contributed by atoms with Crippen molar-refractivity contribution >= 4 is 23.5 Å². The molecule has 1 aliphatic heterocycles. The normalized spacial score (nSPS) is 15.4. The van der Waals surface area contributed by atoms with Gasteiger partial charge in [-0.1, -0.05) is 13.8 Å². The number of urea groups is 1. The van der Waals surface area contributed by atoms with Crippen molar-refractivity contribution in [3.63, 3.8) is 0 Å². The molecule has 24 heavy (non-hydrogen) atoms. The zero-order chi connectivity index (χ0) is 17.5. The second-order valence-corrected chi connectivity index (χ2v) is 7.01. The number of hydrogen-bond acceptors (Lipinski definition) is 5. The number of aromatic nitrogens is 1. The molecule has 3 amide bonds. The van der Waals surface area contributed by atoms with Gasteiger partial charge in [0.2, 0.25) is 0 Å². The number of hydrogen-bond donors (Lipinski definition) is 2. The molecule has 1 saturated heterocycles. The van der Waals surface area contributed by atoms with Crippen molar-refractivity contribution in [3.05, 3.63) is 16.1 Å². The lowest BCUT2D eigenvalue weighted by molar-refractivity contribution is 0.0957. The minimum atomic E-state index is -0.273. The molecule has 0 spiro atoms. The third-order valence-electron chi connectivity index (χ3n) is 3.85. The van der Waals surface area contributed by atoms with Crippen LogP contribution in [0.5, 0.6) is 0 Å². The highest BCUT2D eigenvalue weighted by atomic mass is 32.1. The fourth-order valence-electron chi connectivity index (χ4n) is 2.50. The summed E-state index contributed by atoms with van der Waals surface area (Å²) in [6, 6.07) is -0.110. The molecule has 1 aliphatic rings. The molecule has 7 nitrogen and oxygen atoms in total. The molecule has 0 saturated carbocycles. The molecule has 0 unspecified atom stereocenters. The summed E-state index contributed by atoms with van der Waals surface area (Å²) in [6.07, 6.45) is 1.20. The monoisotopic (exact) mass is 354 g/mol. The topological polar surface area (TPSA) is 83.6 Å². The minimum absolute atomic E-state index is 0.0809. The van der Waals surface area contributed by atoms with Gasteiger partial charge < -0.3 is 20.3 Å². The highest BCUT2D eigenvalue weighted by Gasteiger charge is 2.24. The van der Waals surface area contributed by atoms with Gasteiger partial charge in [-0.2, -0.15) is 0 Å². The van der Waals surface area contributed by atoms with Gasteiger partial charge in [-0.15, -0.1) is 11.3 Å². The lowest BCUT2D eigenvalue weighted by Gasteiger charge is -2.31. The molecule has 134 valence electrons. The van der Waals surface area contributed by atoms with Crippen LogP contribution in [-0.2, 0) is 11.3 Å². The lowest BCUT2D eigenvalue weighted by atomic mass is 10.1. The van der Waals surface area contributed by atoms with E-state index in [1.165, 1.54) is 0 Å². The fourth-order valence-corrected chi connectivity index (χ4v) is 3.33. The zero-order valence-electron chi connectivity index (χ0n) is 14.5.